The standard InChI is InChI=1S/C72H76BN3S/c1-67(2,3)46-28-33-58(53(38-46)45-22-16-15-17-23-45)75-61-41-49(70(10,11)12)27-32-57(61)73-56-31-26-48(69(7,8)9)40-60(56)74(50-30-35-65-54(42-50)52-24-18-19-25-64(52)77-65)62-43-51(44-63(75)66(62)73)76-59-34-29-47(68(4,5)6)39-55(59)71(13)36-20-21-37-72(71,76)14/h15-19,22-35,38-44H,20-21,36-37H2,1-14H3. The Hall–Kier alpha value is -6.56. The molecule has 3 aliphatic heterocycles. The molecule has 1 aromatic heterocycles. The van der Waals surface area contributed by atoms with Crippen LogP contribution in [0.3, 0.4) is 0 Å². The molecular weight excluding hydrogens is 950 g/mol. The van der Waals surface area contributed by atoms with Crippen molar-refractivity contribution in [3.05, 3.63) is 186 Å². The van der Waals surface area contributed by atoms with E-state index in [1.807, 2.05) is 11.3 Å². The third-order valence-electron chi connectivity index (χ3n) is 18.8. The number of nitrogens with zero attached hydrogens (tertiary/aromatic N) is 3. The molecule has 0 spiro atoms. The van der Waals surface area contributed by atoms with Gasteiger partial charge in [-0.15, -0.1) is 11.3 Å². The fraction of sp³-hybridized carbons (Fsp3) is 0.333. The van der Waals surface area contributed by atoms with E-state index in [-0.39, 0.29) is 39.3 Å². The number of benzene rings is 8. The minimum atomic E-state index is -0.171. The molecule has 1 fully saturated rings. The van der Waals surface area contributed by atoms with E-state index in [0.29, 0.717) is 0 Å². The van der Waals surface area contributed by atoms with Crippen molar-refractivity contribution in [1.82, 2.24) is 0 Å². The number of hydrogen-bond acceptors (Lipinski definition) is 4. The first-order valence-electron chi connectivity index (χ1n) is 28.6. The summed E-state index contributed by atoms with van der Waals surface area (Å²) in [4.78, 5) is 8.24. The monoisotopic (exact) mass is 1030 g/mol. The largest absolute Gasteiger partial charge is 0.334 e. The van der Waals surface area contributed by atoms with Gasteiger partial charge in [0.05, 0.1) is 11.2 Å². The number of rotatable bonds is 4. The van der Waals surface area contributed by atoms with Crippen molar-refractivity contribution in [3.63, 3.8) is 0 Å². The van der Waals surface area contributed by atoms with E-state index in [9.17, 15) is 0 Å². The SMILES string of the molecule is CC(C)(C)c1ccc(N2c3cc(C(C)(C)C)ccc3B3c4ccc(C(C)(C)C)cc4N(c4ccc5sc6ccccc6c5c4)c4cc(N5c6ccc(C(C)(C)C)cc6C6(C)CCCCC56C)cc2c43)c(-c2ccccc2)c1. The number of hydrogen-bond donors (Lipinski definition) is 0. The number of thiophene rings is 1. The molecule has 0 N–H and O–H groups in total. The highest BCUT2D eigenvalue weighted by Gasteiger charge is 2.58. The lowest BCUT2D eigenvalue weighted by Gasteiger charge is -2.51. The van der Waals surface area contributed by atoms with Crippen LogP contribution in [0.4, 0.5) is 45.5 Å². The van der Waals surface area contributed by atoms with Crippen LogP contribution in [0.5, 0.6) is 0 Å². The fourth-order valence-electron chi connectivity index (χ4n) is 14.1. The third-order valence-corrected chi connectivity index (χ3v) is 20.0. The van der Waals surface area contributed by atoms with Gasteiger partial charge < -0.3 is 14.7 Å². The normalized spacial score (nSPS) is 19.1. The van der Waals surface area contributed by atoms with Crippen LogP contribution in [0.25, 0.3) is 31.3 Å². The third kappa shape index (κ3) is 7.63. The van der Waals surface area contributed by atoms with Crippen LogP contribution in [0.15, 0.2) is 158 Å². The van der Waals surface area contributed by atoms with Crippen LogP contribution in [0.2, 0.25) is 0 Å². The lowest BCUT2D eigenvalue weighted by atomic mass is 9.33. The first-order chi connectivity index (χ1) is 36.4. The van der Waals surface area contributed by atoms with E-state index in [1.165, 1.54) is 140 Å². The molecule has 9 aromatic rings. The summed E-state index contributed by atoms with van der Waals surface area (Å²) in [5.74, 6) is 0. The maximum Gasteiger partial charge on any atom is 0.252 e. The summed E-state index contributed by atoms with van der Waals surface area (Å²) in [6.07, 6.45) is 4.74. The summed E-state index contributed by atoms with van der Waals surface area (Å²) in [5.41, 5.74) is 23.1. The smallest absolute Gasteiger partial charge is 0.252 e. The van der Waals surface area contributed by atoms with Gasteiger partial charge in [-0.25, -0.2) is 0 Å². The van der Waals surface area contributed by atoms with E-state index in [2.05, 4.69) is 269 Å². The Kier molecular flexibility index (Phi) is 11.0. The average Bonchev–Trinajstić information content (AvgIpc) is 4.14. The first-order valence-corrected chi connectivity index (χ1v) is 29.4. The molecule has 2 unspecified atom stereocenters. The molecule has 3 nitrogen and oxygen atoms in total. The molecule has 0 radical (unpaired) electrons. The topological polar surface area (TPSA) is 9.72 Å². The summed E-state index contributed by atoms with van der Waals surface area (Å²) in [7, 11) is 0. The van der Waals surface area contributed by atoms with E-state index in [0.717, 1.165) is 6.42 Å². The predicted molar refractivity (Wildman–Crippen MR) is 336 cm³/mol. The Labute approximate surface area is 464 Å². The Morgan fingerprint density at radius 2 is 0.961 bits per heavy atom. The van der Waals surface area contributed by atoms with Crippen molar-refractivity contribution >= 4 is 100 Å². The molecule has 77 heavy (non-hydrogen) atoms. The van der Waals surface area contributed by atoms with Gasteiger partial charge in [0.1, 0.15) is 0 Å². The molecule has 2 atom stereocenters. The summed E-state index contributed by atoms with van der Waals surface area (Å²) in [6, 6.07) is 62.6. The molecule has 0 bridgehead atoms. The van der Waals surface area contributed by atoms with Crippen LogP contribution in [0.1, 0.15) is 150 Å². The molecular formula is C72H76BN3S. The lowest BCUT2D eigenvalue weighted by Crippen LogP contribution is -2.61. The summed E-state index contributed by atoms with van der Waals surface area (Å²) >= 11 is 1.90. The van der Waals surface area contributed by atoms with Crippen LogP contribution < -0.4 is 31.1 Å². The van der Waals surface area contributed by atoms with Gasteiger partial charge in [0.15, 0.2) is 0 Å². The zero-order valence-electron chi connectivity index (χ0n) is 48.2. The maximum absolute atomic E-state index is 2.84. The van der Waals surface area contributed by atoms with Crippen molar-refractivity contribution in [2.45, 2.75) is 155 Å². The predicted octanol–water partition coefficient (Wildman–Crippen LogP) is 18.7. The van der Waals surface area contributed by atoms with Crippen LogP contribution in [0, 0.1) is 0 Å². The van der Waals surface area contributed by atoms with Crippen molar-refractivity contribution in [2.24, 2.45) is 0 Å². The van der Waals surface area contributed by atoms with E-state index in [4.69, 9.17) is 0 Å². The number of fused-ring (bicyclic) bond motifs is 10. The minimum Gasteiger partial charge on any atom is -0.334 e. The minimum absolute atomic E-state index is 0.0231. The van der Waals surface area contributed by atoms with Crippen LogP contribution in [-0.4, -0.2) is 12.3 Å². The molecule has 4 heterocycles. The Balaban J connectivity index is 1.19. The summed E-state index contributed by atoms with van der Waals surface area (Å²) < 4.78 is 2.65. The highest BCUT2D eigenvalue weighted by atomic mass is 32.1. The van der Waals surface area contributed by atoms with Gasteiger partial charge in [0.25, 0.3) is 6.71 Å². The Morgan fingerprint density at radius 3 is 1.61 bits per heavy atom. The van der Waals surface area contributed by atoms with Crippen molar-refractivity contribution < 1.29 is 0 Å². The molecule has 4 aliphatic rings. The lowest BCUT2D eigenvalue weighted by molar-refractivity contribution is 0.195. The summed E-state index contributed by atoms with van der Waals surface area (Å²) in [6.45, 7) is 33.5. The highest BCUT2D eigenvalue weighted by Crippen LogP contribution is 2.62. The van der Waals surface area contributed by atoms with E-state index in [1.54, 1.807) is 0 Å². The molecule has 0 amide bonds. The van der Waals surface area contributed by atoms with Gasteiger partial charge >= 0.3 is 0 Å². The van der Waals surface area contributed by atoms with E-state index < -0.39 is 0 Å². The summed E-state index contributed by atoms with van der Waals surface area (Å²) in [5, 5.41) is 2.63. The average molecular weight is 1030 g/mol. The van der Waals surface area contributed by atoms with Gasteiger partial charge in [-0.3, -0.25) is 0 Å². The van der Waals surface area contributed by atoms with Crippen LogP contribution >= 0.6 is 11.3 Å². The molecule has 13 rings (SSSR count). The molecule has 1 saturated carbocycles. The van der Waals surface area contributed by atoms with Gasteiger partial charge in [0.2, 0.25) is 0 Å². The fourth-order valence-corrected chi connectivity index (χ4v) is 15.2. The van der Waals surface area contributed by atoms with Gasteiger partial charge in [-0.2, -0.15) is 0 Å². The second-order valence-corrected chi connectivity index (χ2v) is 28.9. The maximum atomic E-state index is 2.84. The molecule has 388 valence electrons. The van der Waals surface area contributed by atoms with Gasteiger partial charge in [0, 0.05) is 71.0 Å². The highest BCUT2D eigenvalue weighted by molar-refractivity contribution is 7.25. The second kappa shape index (κ2) is 17.0. The Morgan fingerprint density at radius 1 is 0.429 bits per heavy atom. The number of anilines is 8. The zero-order valence-corrected chi connectivity index (χ0v) is 49.0. The van der Waals surface area contributed by atoms with Crippen molar-refractivity contribution in [1.29, 1.82) is 0 Å². The second-order valence-electron chi connectivity index (χ2n) is 27.8. The van der Waals surface area contributed by atoms with Crippen molar-refractivity contribution in [3.8, 4) is 11.1 Å². The molecule has 5 heteroatoms. The van der Waals surface area contributed by atoms with Crippen molar-refractivity contribution in [2.75, 3.05) is 14.7 Å². The van der Waals surface area contributed by atoms with Gasteiger partial charge in [-0.1, -0.05) is 194 Å². The molecule has 0 saturated heterocycles. The Bertz CT molecular complexity index is 3870. The van der Waals surface area contributed by atoms with Crippen LogP contribution in [-0.2, 0) is 27.1 Å². The molecule has 8 aromatic carbocycles. The quantitative estimate of drug-likeness (QED) is 0.163. The first kappa shape index (κ1) is 50.0. The zero-order chi connectivity index (χ0) is 53.9. The van der Waals surface area contributed by atoms with E-state index >= 15 is 0 Å². The van der Waals surface area contributed by atoms with Gasteiger partial charge in [-0.05, 0) is 158 Å². The molecule has 1 aliphatic carbocycles.